The lowest BCUT2D eigenvalue weighted by atomic mass is 10.0. The molecular weight excluding hydrogens is 252 g/mol. The van der Waals surface area contributed by atoms with Gasteiger partial charge in [0, 0.05) is 31.8 Å². The Morgan fingerprint density at radius 3 is 2.80 bits per heavy atom. The molecule has 1 aliphatic heterocycles. The Kier molecular flexibility index (Phi) is 4.81. The lowest BCUT2D eigenvalue weighted by Gasteiger charge is -2.33. The van der Waals surface area contributed by atoms with Crippen molar-refractivity contribution in [3.8, 4) is 0 Å². The Hall–Kier alpha value is -1.36. The molecular formula is C15H26N4O. The van der Waals surface area contributed by atoms with Crippen LogP contribution in [0.15, 0.2) is 6.07 Å². The highest BCUT2D eigenvalue weighted by molar-refractivity contribution is 5.51. The van der Waals surface area contributed by atoms with Gasteiger partial charge in [0.2, 0.25) is 0 Å². The fourth-order valence-corrected chi connectivity index (χ4v) is 2.69. The van der Waals surface area contributed by atoms with Gasteiger partial charge in [-0.3, -0.25) is 0 Å². The second-order valence-corrected chi connectivity index (χ2v) is 5.96. The largest absolute Gasteiger partial charge is 0.377 e. The minimum atomic E-state index is 0.167. The standard InChI is InChI=1S/C15H26N4O/c1-5-8-16-12-10-14(18-13(17-12)11-20-4)19-9-6-7-15(19,2)3/h10H,5-9,11H2,1-4H3,(H,16,17,18). The van der Waals surface area contributed by atoms with E-state index in [-0.39, 0.29) is 5.54 Å². The first-order chi connectivity index (χ1) is 9.56. The second-order valence-electron chi connectivity index (χ2n) is 5.96. The van der Waals surface area contributed by atoms with Crippen molar-refractivity contribution in [1.82, 2.24) is 9.97 Å². The van der Waals surface area contributed by atoms with Crippen LogP contribution in [0.3, 0.4) is 0 Å². The van der Waals surface area contributed by atoms with Crippen molar-refractivity contribution >= 4 is 11.6 Å². The monoisotopic (exact) mass is 278 g/mol. The van der Waals surface area contributed by atoms with Gasteiger partial charge < -0.3 is 15.0 Å². The van der Waals surface area contributed by atoms with Crippen LogP contribution >= 0.6 is 0 Å². The van der Waals surface area contributed by atoms with Gasteiger partial charge in [0.1, 0.15) is 18.2 Å². The highest BCUT2D eigenvalue weighted by atomic mass is 16.5. The molecule has 0 amide bonds. The van der Waals surface area contributed by atoms with Crippen LogP contribution in [0.25, 0.3) is 0 Å². The van der Waals surface area contributed by atoms with Crippen molar-refractivity contribution in [2.24, 2.45) is 0 Å². The van der Waals surface area contributed by atoms with E-state index in [0.29, 0.717) is 6.61 Å². The summed E-state index contributed by atoms with van der Waals surface area (Å²) < 4.78 is 5.19. The predicted octanol–water partition coefficient (Wildman–Crippen LogP) is 2.82. The van der Waals surface area contributed by atoms with Gasteiger partial charge in [-0.2, -0.15) is 0 Å². The van der Waals surface area contributed by atoms with Crippen molar-refractivity contribution in [2.45, 2.75) is 52.2 Å². The van der Waals surface area contributed by atoms with E-state index < -0.39 is 0 Å². The Morgan fingerprint density at radius 2 is 2.20 bits per heavy atom. The van der Waals surface area contributed by atoms with Crippen LogP contribution < -0.4 is 10.2 Å². The zero-order valence-electron chi connectivity index (χ0n) is 13.1. The molecule has 0 spiro atoms. The molecule has 1 fully saturated rings. The quantitative estimate of drug-likeness (QED) is 0.867. The Morgan fingerprint density at radius 1 is 1.40 bits per heavy atom. The Labute approximate surface area is 121 Å². The number of rotatable bonds is 6. The number of ether oxygens (including phenoxy) is 1. The van der Waals surface area contributed by atoms with E-state index >= 15 is 0 Å². The van der Waals surface area contributed by atoms with Crippen LogP contribution in [-0.2, 0) is 11.3 Å². The summed E-state index contributed by atoms with van der Waals surface area (Å²) in [5.41, 5.74) is 0.167. The molecule has 1 aromatic rings. The van der Waals surface area contributed by atoms with Crippen molar-refractivity contribution in [3.05, 3.63) is 11.9 Å². The molecule has 0 saturated carbocycles. The lowest BCUT2D eigenvalue weighted by Crippen LogP contribution is -2.39. The molecule has 0 unspecified atom stereocenters. The Bertz CT molecular complexity index is 447. The highest BCUT2D eigenvalue weighted by Gasteiger charge is 2.33. The van der Waals surface area contributed by atoms with E-state index in [1.54, 1.807) is 7.11 Å². The molecule has 0 aliphatic carbocycles. The third-order valence-electron chi connectivity index (χ3n) is 3.77. The van der Waals surface area contributed by atoms with Crippen LogP contribution in [0.2, 0.25) is 0 Å². The zero-order chi connectivity index (χ0) is 14.6. The summed E-state index contributed by atoms with van der Waals surface area (Å²) in [5.74, 6) is 2.64. The highest BCUT2D eigenvalue weighted by Crippen LogP contribution is 2.33. The zero-order valence-corrected chi connectivity index (χ0v) is 13.1. The smallest absolute Gasteiger partial charge is 0.158 e. The molecule has 112 valence electrons. The van der Waals surface area contributed by atoms with Crippen molar-refractivity contribution in [3.63, 3.8) is 0 Å². The normalized spacial score (nSPS) is 17.5. The van der Waals surface area contributed by atoms with Gasteiger partial charge in [-0.15, -0.1) is 0 Å². The van der Waals surface area contributed by atoms with Gasteiger partial charge in [0.15, 0.2) is 5.82 Å². The Balaban J connectivity index is 2.28. The van der Waals surface area contributed by atoms with Crippen molar-refractivity contribution < 1.29 is 4.74 Å². The molecule has 1 N–H and O–H groups in total. The maximum Gasteiger partial charge on any atom is 0.158 e. The summed E-state index contributed by atoms with van der Waals surface area (Å²) in [6.07, 6.45) is 3.50. The molecule has 0 bridgehead atoms. The third kappa shape index (κ3) is 3.39. The summed E-state index contributed by atoms with van der Waals surface area (Å²) in [4.78, 5) is 11.5. The first kappa shape index (κ1) is 15.0. The topological polar surface area (TPSA) is 50.3 Å². The predicted molar refractivity (Wildman–Crippen MR) is 82.2 cm³/mol. The van der Waals surface area contributed by atoms with Crippen LogP contribution in [0.4, 0.5) is 11.6 Å². The first-order valence-corrected chi connectivity index (χ1v) is 7.45. The minimum absolute atomic E-state index is 0.167. The molecule has 2 rings (SSSR count). The number of hydrogen-bond acceptors (Lipinski definition) is 5. The van der Waals surface area contributed by atoms with E-state index in [0.717, 1.165) is 37.0 Å². The van der Waals surface area contributed by atoms with Gasteiger partial charge in [-0.25, -0.2) is 9.97 Å². The number of nitrogens with zero attached hydrogens (tertiary/aromatic N) is 3. The molecule has 0 atom stereocenters. The molecule has 1 aliphatic rings. The van der Waals surface area contributed by atoms with Gasteiger partial charge in [-0.1, -0.05) is 6.92 Å². The molecule has 0 aromatic carbocycles. The minimum Gasteiger partial charge on any atom is -0.377 e. The maximum atomic E-state index is 5.19. The third-order valence-corrected chi connectivity index (χ3v) is 3.77. The average molecular weight is 278 g/mol. The number of methoxy groups -OCH3 is 1. The summed E-state index contributed by atoms with van der Waals surface area (Å²) in [5, 5.41) is 3.35. The molecule has 20 heavy (non-hydrogen) atoms. The van der Waals surface area contributed by atoms with Crippen LogP contribution in [0, 0.1) is 0 Å². The van der Waals surface area contributed by atoms with Crippen molar-refractivity contribution in [1.29, 1.82) is 0 Å². The summed E-state index contributed by atoms with van der Waals surface area (Å²) in [6, 6.07) is 2.06. The van der Waals surface area contributed by atoms with Gasteiger partial charge >= 0.3 is 0 Å². The van der Waals surface area contributed by atoms with Crippen LogP contribution in [-0.4, -0.2) is 35.7 Å². The van der Waals surface area contributed by atoms with Crippen molar-refractivity contribution in [2.75, 3.05) is 30.4 Å². The maximum absolute atomic E-state index is 5.19. The van der Waals surface area contributed by atoms with Gasteiger partial charge in [0.25, 0.3) is 0 Å². The second kappa shape index (κ2) is 6.39. The lowest BCUT2D eigenvalue weighted by molar-refractivity contribution is 0.178. The number of anilines is 2. The molecule has 5 heteroatoms. The number of hydrogen-bond donors (Lipinski definition) is 1. The summed E-state index contributed by atoms with van der Waals surface area (Å²) in [6.45, 7) is 9.13. The molecule has 1 aromatic heterocycles. The van der Waals surface area contributed by atoms with E-state index in [1.165, 1.54) is 12.8 Å². The van der Waals surface area contributed by atoms with E-state index in [2.05, 4.69) is 47.0 Å². The number of aromatic nitrogens is 2. The van der Waals surface area contributed by atoms with Gasteiger partial charge in [0.05, 0.1) is 0 Å². The van der Waals surface area contributed by atoms with Crippen LogP contribution in [0.5, 0.6) is 0 Å². The summed E-state index contributed by atoms with van der Waals surface area (Å²) in [7, 11) is 1.68. The average Bonchev–Trinajstić information content (AvgIpc) is 2.76. The van der Waals surface area contributed by atoms with Crippen LogP contribution in [0.1, 0.15) is 45.9 Å². The SMILES string of the molecule is CCCNc1cc(N2CCCC2(C)C)nc(COC)n1. The molecule has 2 heterocycles. The van der Waals surface area contributed by atoms with E-state index in [4.69, 9.17) is 4.74 Å². The molecule has 5 nitrogen and oxygen atoms in total. The van der Waals surface area contributed by atoms with E-state index in [9.17, 15) is 0 Å². The van der Waals surface area contributed by atoms with E-state index in [1.807, 2.05) is 0 Å². The molecule has 1 saturated heterocycles. The number of nitrogens with one attached hydrogen (secondary N) is 1. The summed E-state index contributed by atoms with van der Waals surface area (Å²) >= 11 is 0. The first-order valence-electron chi connectivity index (χ1n) is 7.45. The molecule has 0 radical (unpaired) electrons. The fourth-order valence-electron chi connectivity index (χ4n) is 2.69. The fraction of sp³-hybridized carbons (Fsp3) is 0.733. The van der Waals surface area contributed by atoms with Gasteiger partial charge in [-0.05, 0) is 33.1 Å².